The van der Waals surface area contributed by atoms with Crippen molar-refractivity contribution in [2.24, 2.45) is 4.99 Å². The molecule has 29 heavy (non-hydrogen) atoms. The molecule has 1 aromatic heterocycles. The number of anilines is 1. The Morgan fingerprint density at radius 1 is 1.34 bits per heavy atom. The number of hydrogen-bond donors (Lipinski definition) is 1. The zero-order valence-electron chi connectivity index (χ0n) is 16.6. The molecule has 0 atom stereocenters. The van der Waals surface area contributed by atoms with Crippen molar-refractivity contribution in [3.05, 3.63) is 52.2 Å². The standard InChI is InChI=1S/C20H21N5O2S2/c1-6-9-25-18(26)17(29-20(25)21-16-11(2)22-23-12(16)3)19-24(4)14-10-13(27-5)7-8-15(14)28-19/h6-8,10H,1,9H2,2-5H3,(H,22,23)/b19-17+,21-20?. The first-order chi connectivity index (χ1) is 13.9. The topological polar surface area (TPSA) is 73.8 Å². The molecule has 150 valence electrons. The largest absolute Gasteiger partial charge is 0.497 e. The first-order valence-corrected chi connectivity index (χ1v) is 10.6. The highest BCUT2D eigenvalue weighted by atomic mass is 32.2. The van der Waals surface area contributed by atoms with Crippen molar-refractivity contribution in [1.82, 2.24) is 15.1 Å². The summed E-state index contributed by atoms with van der Waals surface area (Å²) in [6.45, 7) is 8.00. The second kappa shape index (κ2) is 7.64. The maximum atomic E-state index is 13.2. The number of fused-ring (bicyclic) bond motifs is 1. The molecule has 7 nitrogen and oxygen atoms in total. The van der Waals surface area contributed by atoms with Crippen molar-refractivity contribution >= 4 is 46.0 Å². The number of carbonyl (C=O) groups is 1. The van der Waals surface area contributed by atoms with Gasteiger partial charge in [0.05, 0.1) is 29.2 Å². The van der Waals surface area contributed by atoms with E-state index in [1.165, 1.54) is 11.8 Å². The van der Waals surface area contributed by atoms with Gasteiger partial charge in [0.2, 0.25) is 0 Å². The molecule has 0 unspecified atom stereocenters. The van der Waals surface area contributed by atoms with E-state index in [0.29, 0.717) is 16.6 Å². The first-order valence-electron chi connectivity index (χ1n) is 8.99. The number of ether oxygens (including phenoxy) is 1. The van der Waals surface area contributed by atoms with Crippen LogP contribution in [0.25, 0.3) is 0 Å². The van der Waals surface area contributed by atoms with E-state index >= 15 is 0 Å². The number of carbonyl (C=O) groups excluding carboxylic acids is 1. The number of aromatic nitrogens is 2. The molecule has 1 saturated heterocycles. The number of amides is 1. The number of nitrogens with one attached hydrogen (secondary N) is 1. The van der Waals surface area contributed by atoms with Crippen molar-refractivity contribution in [3.63, 3.8) is 0 Å². The smallest absolute Gasteiger partial charge is 0.269 e. The number of hydrogen-bond acceptors (Lipinski definition) is 7. The van der Waals surface area contributed by atoms with Crippen LogP contribution < -0.4 is 9.64 Å². The van der Waals surface area contributed by atoms with Crippen LogP contribution in [0, 0.1) is 13.8 Å². The van der Waals surface area contributed by atoms with Crippen LogP contribution in [-0.4, -0.2) is 46.9 Å². The van der Waals surface area contributed by atoms with E-state index in [1.54, 1.807) is 29.8 Å². The first kappa shape index (κ1) is 19.7. The molecule has 0 saturated carbocycles. The van der Waals surface area contributed by atoms with Crippen LogP contribution in [0.4, 0.5) is 11.4 Å². The van der Waals surface area contributed by atoms with Crippen molar-refractivity contribution in [3.8, 4) is 5.75 Å². The molecular weight excluding hydrogens is 406 g/mol. The van der Waals surface area contributed by atoms with Gasteiger partial charge in [-0.2, -0.15) is 5.10 Å². The molecule has 3 heterocycles. The second-order valence-electron chi connectivity index (χ2n) is 6.61. The molecule has 1 amide bonds. The van der Waals surface area contributed by atoms with Crippen LogP contribution in [0.3, 0.4) is 0 Å². The Balaban J connectivity index is 1.75. The monoisotopic (exact) mass is 427 g/mol. The number of rotatable bonds is 4. The zero-order chi connectivity index (χ0) is 20.7. The number of H-pyrrole nitrogens is 1. The third-order valence-corrected chi connectivity index (χ3v) is 7.14. The van der Waals surface area contributed by atoms with Gasteiger partial charge in [0, 0.05) is 24.6 Å². The second-order valence-corrected chi connectivity index (χ2v) is 8.62. The number of nitrogens with zero attached hydrogens (tertiary/aromatic N) is 4. The molecule has 2 aliphatic rings. The van der Waals surface area contributed by atoms with Gasteiger partial charge in [-0.05, 0) is 37.7 Å². The minimum absolute atomic E-state index is 0.0680. The number of methoxy groups -OCH3 is 1. The van der Waals surface area contributed by atoms with Gasteiger partial charge >= 0.3 is 0 Å². The molecule has 0 radical (unpaired) electrons. The van der Waals surface area contributed by atoms with Crippen molar-refractivity contribution in [2.45, 2.75) is 18.7 Å². The molecule has 1 fully saturated rings. The van der Waals surface area contributed by atoms with Gasteiger partial charge in [-0.15, -0.1) is 6.58 Å². The summed E-state index contributed by atoms with van der Waals surface area (Å²) in [4.78, 5) is 23.4. The molecule has 0 spiro atoms. The highest BCUT2D eigenvalue weighted by Crippen LogP contribution is 2.51. The summed E-state index contributed by atoms with van der Waals surface area (Å²) in [5.41, 5.74) is 3.46. The van der Waals surface area contributed by atoms with E-state index in [1.807, 2.05) is 44.0 Å². The van der Waals surface area contributed by atoms with Gasteiger partial charge in [0.25, 0.3) is 5.91 Å². The Kier molecular flexibility index (Phi) is 5.18. The predicted molar refractivity (Wildman–Crippen MR) is 119 cm³/mol. The van der Waals surface area contributed by atoms with Crippen LogP contribution in [0.2, 0.25) is 0 Å². The van der Waals surface area contributed by atoms with Gasteiger partial charge in [0.1, 0.15) is 16.3 Å². The van der Waals surface area contributed by atoms with Crippen LogP contribution in [0.15, 0.2) is 50.7 Å². The zero-order valence-corrected chi connectivity index (χ0v) is 18.3. The van der Waals surface area contributed by atoms with Crippen LogP contribution in [0.1, 0.15) is 11.4 Å². The van der Waals surface area contributed by atoms with Crippen molar-refractivity contribution in [2.75, 3.05) is 25.6 Å². The summed E-state index contributed by atoms with van der Waals surface area (Å²) in [5, 5.41) is 8.66. The summed E-state index contributed by atoms with van der Waals surface area (Å²) in [7, 11) is 3.61. The molecule has 2 aliphatic heterocycles. The van der Waals surface area contributed by atoms with Gasteiger partial charge in [-0.1, -0.05) is 17.8 Å². The van der Waals surface area contributed by atoms with E-state index in [0.717, 1.165) is 38.4 Å². The fourth-order valence-corrected chi connectivity index (χ4v) is 5.49. The lowest BCUT2D eigenvalue weighted by Crippen LogP contribution is -2.29. The third-order valence-electron chi connectivity index (χ3n) is 4.70. The number of thioether (sulfide) groups is 2. The number of aromatic amines is 1. The Hall–Kier alpha value is -2.65. The molecule has 0 bridgehead atoms. The molecule has 9 heteroatoms. The summed E-state index contributed by atoms with van der Waals surface area (Å²) in [6.07, 6.45) is 1.71. The minimum Gasteiger partial charge on any atom is -0.497 e. The van der Waals surface area contributed by atoms with Gasteiger partial charge < -0.3 is 9.64 Å². The lowest BCUT2D eigenvalue weighted by Gasteiger charge is -2.15. The molecular formula is C20H21N5O2S2. The fourth-order valence-electron chi connectivity index (χ4n) is 3.17. The van der Waals surface area contributed by atoms with E-state index in [4.69, 9.17) is 9.73 Å². The van der Waals surface area contributed by atoms with E-state index < -0.39 is 0 Å². The lowest BCUT2D eigenvalue weighted by atomic mass is 10.3. The number of aliphatic imine (C=N–C) groups is 1. The van der Waals surface area contributed by atoms with Crippen molar-refractivity contribution in [1.29, 1.82) is 0 Å². The molecule has 2 aromatic rings. The van der Waals surface area contributed by atoms with E-state index in [9.17, 15) is 4.79 Å². The average Bonchev–Trinajstić information content (AvgIpc) is 3.32. The minimum atomic E-state index is -0.0680. The summed E-state index contributed by atoms with van der Waals surface area (Å²) >= 11 is 2.97. The Morgan fingerprint density at radius 3 is 2.79 bits per heavy atom. The quantitative estimate of drug-likeness (QED) is 0.582. The van der Waals surface area contributed by atoms with Crippen LogP contribution >= 0.6 is 23.5 Å². The highest BCUT2D eigenvalue weighted by Gasteiger charge is 2.39. The maximum Gasteiger partial charge on any atom is 0.269 e. The Morgan fingerprint density at radius 2 is 2.14 bits per heavy atom. The number of benzene rings is 1. The highest BCUT2D eigenvalue weighted by molar-refractivity contribution is 8.19. The Bertz CT molecular complexity index is 1050. The predicted octanol–water partition coefficient (Wildman–Crippen LogP) is 4.20. The third kappa shape index (κ3) is 3.34. The van der Waals surface area contributed by atoms with Crippen molar-refractivity contribution < 1.29 is 9.53 Å². The number of amidine groups is 1. The molecule has 0 aliphatic carbocycles. The van der Waals surface area contributed by atoms with Crippen LogP contribution in [0.5, 0.6) is 5.75 Å². The van der Waals surface area contributed by atoms with Gasteiger partial charge in [-0.25, -0.2) is 4.99 Å². The molecule has 1 N–H and O–H groups in total. The van der Waals surface area contributed by atoms with E-state index in [-0.39, 0.29) is 5.91 Å². The SMILES string of the molecule is C=CCN1C(=O)/C(=C2\Sc3ccc(OC)cc3N2C)SC1=Nc1c(C)n[nH]c1C. The Labute approximate surface area is 177 Å². The van der Waals surface area contributed by atoms with Gasteiger partial charge in [-0.3, -0.25) is 14.8 Å². The molecule has 4 rings (SSSR count). The maximum absolute atomic E-state index is 13.2. The molecule has 1 aromatic carbocycles. The van der Waals surface area contributed by atoms with E-state index in [2.05, 4.69) is 16.8 Å². The normalized spacial score (nSPS) is 20.0. The summed E-state index contributed by atoms with van der Waals surface area (Å²) in [6, 6.07) is 5.93. The summed E-state index contributed by atoms with van der Waals surface area (Å²) < 4.78 is 5.35. The lowest BCUT2D eigenvalue weighted by molar-refractivity contribution is -0.121. The summed E-state index contributed by atoms with van der Waals surface area (Å²) in [5.74, 6) is 0.718. The fraction of sp³-hybridized carbons (Fsp3) is 0.250. The average molecular weight is 428 g/mol. The van der Waals surface area contributed by atoms with Gasteiger partial charge in [0.15, 0.2) is 5.17 Å². The van der Waals surface area contributed by atoms with Crippen LogP contribution in [-0.2, 0) is 4.79 Å². The number of aryl methyl sites for hydroxylation is 2.